The fourth-order valence-electron chi connectivity index (χ4n) is 3.23. The van der Waals surface area contributed by atoms with Gasteiger partial charge in [0.15, 0.2) is 5.82 Å². The van der Waals surface area contributed by atoms with Gasteiger partial charge in [0.25, 0.3) is 0 Å². The number of rotatable bonds is 5. The zero-order valence-electron chi connectivity index (χ0n) is 12.2. The maximum atomic E-state index is 13.9. The number of para-hydroxylation sites is 1. The summed E-state index contributed by atoms with van der Waals surface area (Å²) in [6.07, 6.45) is 3.00. The van der Waals surface area contributed by atoms with Gasteiger partial charge >= 0.3 is 0 Å². The Labute approximate surface area is 129 Å². The Bertz CT molecular complexity index is 628. The highest BCUT2D eigenvalue weighted by molar-refractivity contribution is 6.17. The molecule has 1 aromatic carbocycles. The number of alkyl halides is 1. The third-order valence-electron chi connectivity index (χ3n) is 4.29. The Hall–Kier alpha value is -1.13. The van der Waals surface area contributed by atoms with Crippen LogP contribution in [0.4, 0.5) is 4.39 Å². The van der Waals surface area contributed by atoms with E-state index in [9.17, 15) is 4.39 Å². The van der Waals surface area contributed by atoms with Gasteiger partial charge in [-0.2, -0.15) is 0 Å². The lowest BCUT2D eigenvalue weighted by Gasteiger charge is -2.19. The van der Waals surface area contributed by atoms with Gasteiger partial charge < -0.3 is 9.30 Å². The van der Waals surface area contributed by atoms with Gasteiger partial charge in [0, 0.05) is 31.4 Å². The molecule has 3 nitrogen and oxygen atoms in total. The molecule has 2 atom stereocenters. The zero-order valence-corrected chi connectivity index (χ0v) is 12.9. The van der Waals surface area contributed by atoms with E-state index in [1.54, 1.807) is 6.07 Å². The molecule has 2 aromatic rings. The van der Waals surface area contributed by atoms with Crippen molar-refractivity contribution in [3.63, 3.8) is 0 Å². The third-order valence-corrected chi connectivity index (χ3v) is 4.48. The van der Waals surface area contributed by atoms with Crippen molar-refractivity contribution in [2.75, 3.05) is 12.5 Å². The average molecular weight is 311 g/mol. The Morgan fingerprint density at radius 3 is 3.10 bits per heavy atom. The van der Waals surface area contributed by atoms with Gasteiger partial charge in [-0.05, 0) is 25.0 Å². The molecule has 1 saturated heterocycles. The minimum Gasteiger partial charge on any atom is -0.378 e. The van der Waals surface area contributed by atoms with Crippen LogP contribution in [0.1, 0.15) is 25.6 Å². The van der Waals surface area contributed by atoms with Gasteiger partial charge in [0.05, 0.1) is 11.6 Å². The summed E-state index contributed by atoms with van der Waals surface area (Å²) >= 11 is 5.88. The number of imidazole rings is 1. The molecule has 1 aromatic heterocycles. The minimum atomic E-state index is -0.267. The Balaban J connectivity index is 1.99. The molecule has 2 unspecified atom stereocenters. The first kappa shape index (κ1) is 14.8. The average Bonchev–Trinajstić information content (AvgIpc) is 3.06. The van der Waals surface area contributed by atoms with Gasteiger partial charge in [-0.3, -0.25) is 0 Å². The van der Waals surface area contributed by atoms with E-state index in [0.717, 1.165) is 37.3 Å². The van der Waals surface area contributed by atoms with Crippen LogP contribution in [0.25, 0.3) is 11.0 Å². The topological polar surface area (TPSA) is 27.1 Å². The molecule has 3 rings (SSSR count). The monoisotopic (exact) mass is 310 g/mol. The summed E-state index contributed by atoms with van der Waals surface area (Å²) in [6, 6.07) is 5.13. The maximum Gasteiger partial charge on any atom is 0.151 e. The molecule has 0 spiro atoms. The molecule has 0 amide bonds. The van der Waals surface area contributed by atoms with E-state index in [0.29, 0.717) is 29.8 Å². The molecule has 2 heterocycles. The number of aryl methyl sites for hydroxylation is 1. The van der Waals surface area contributed by atoms with Crippen LogP contribution in [0, 0.1) is 11.7 Å². The zero-order chi connectivity index (χ0) is 14.8. The summed E-state index contributed by atoms with van der Waals surface area (Å²) in [7, 11) is 0. The quantitative estimate of drug-likeness (QED) is 0.786. The van der Waals surface area contributed by atoms with Crippen molar-refractivity contribution in [2.24, 2.45) is 5.92 Å². The second-order valence-corrected chi connectivity index (χ2v) is 5.93. The smallest absolute Gasteiger partial charge is 0.151 e. The molecule has 0 bridgehead atoms. The number of hydrogen-bond acceptors (Lipinski definition) is 2. The number of benzene rings is 1. The van der Waals surface area contributed by atoms with Crippen molar-refractivity contribution in [2.45, 2.75) is 38.8 Å². The number of aromatic nitrogens is 2. The van der Waals surface area contributed by atoms with Crippen LogP contribution < -0.4 is 0 Å². The van der Waals surface area contributed by atoms with E-state index in [4.69, 9.17) is 16.3 Å². The second-order valence-electron chi connectivity index (χ2n) is 5.55. The first-order chi connectivity index (χ1) is 10.2. The summed E-state index contributed by atoms with van der Waals surface area (Å²) in [4.78, 5) is 4.46. The van der Waals surface area contributed by atoms with Crippen molar-refractivity contribution in [3.05, 3.63) is 29.8 Å². The number of hydrogen-bond donors (Lipinski definition) is 0. The fourth-order valence-corrected chi connectivity index (χ4v) is 3.40. The largest absolute Gasteiger partial charge is 0.378 e. The Morgan fingerprint density at radius 2 is 2.33 bits per heavy atom. The number of nitrogens with zero attached hydrogens (tertiary/aromatic N) is 2. The first-order valence-electron chi connectivity index (χ1n) is 7.55. The molecular weight excluding hydrogens is 291 g/mol. The van der Waals surface area contributed by atoms with Crippen LogP contribution in [0.2, 0.25) is 0 Å². The minimum absolute atomic E-state index is 0.267. The highest BCUT2D eigenvalue weighted by Gasteiger charge is 2.28. The van der Waals surface area contributed by atoms with Gasteiger partial charge in [-0.15, -0.1) is 11.6 Å². The van der Waals surface area contributed by atoms with E-state index in [-0.39, 0.29) is 5.82 Å². The lowest BCUT2D eigenvalue weighted by Crippen LogP contribution is -2.21. The first-order valence-corrected chi connectivity index (χ1v) is 8.09. The van der Waals surface area contributed by atoms with E-state index < -0.39 is 0 Å². The highest BCUT2D eigenvalue weighted by Crippen LogP contribution is 2.28. The maximum absolute atomic E-state index is 13.9. The van der Waals surface area contributed by atoms with E-state index in [1.807, 2.05) is 6.07 Å². The summed E-state index contributed by atoms with van der Waals surface area (Å²) in [5.74, 6) is 1.55. The van der Waals surface area contributed by atoms with Gasteiger partial charge in [0.1, 0.15) is 11.3 Å². The highest BCUT2D eigenvalue weighted by atomic mass is 35.5. The molecule has 21 heavy (non-hydrogen) atoms. The lowest BCUT2D eigenvalue weighted by molar-refractivity contribution is 0.0836. The van der Waals surface area contributed by atoms with Gasteiger partial charge in [-0.25, -0.2) is 9.37 Å². The molecule has 0 radical (unpaired) electrons. The Morgan fingerprint density at radius 1 is 1.48 bits per heavy atom. The molecule has 1 fully saturated rings. The number of ether oxygens (including phenoxy) is 1. The van der Waals surface area contributed by atoms with Gasteiger partial charge in [0.2, 0.25) is 0 Å². The molecule has 0 saturated carbocycles. The molecule has 114 valence electrons. The van der Waals surface area contributed by atoms with Crippen LogP contribution in [0.3, 0.4) is 0 Å². The summed E-state index contributed by atoms with van der Waals surface area (Å²) in [5.41, 5.74) is 1.31. The van der Waals surface area contributed by atoms with Crippen molar-refractivity contribution in [3.8, 4) is 0 Å². The van der Waals surface area contributed by atoms with E-state index >= 15 is 0 Å². The fraction of sp³-hybridized carbons (Fsp3) is 0.562. The van der Waals surface area contributed by atoms with Crippen molar-refractivity contribution in [1.29, 1.82) is 0 Å². The molecule has 1 aliphatic heterocycles. The summed E-state index contributed by atoms with van der Waals surface area (Å²) in [6.45, 7) is 3.79. The molecule has 5 heteroatoms. The molecule has 1 aliphatic rings. The van der Waals surface area contributed by atoms with E-state index in [2.05, 4.69) is 16.5 Å². The summed E-state index contributed by atoms with van der Waals surface area (Å²) < 4.78 is 21.8. The molecule has 0 aliphatic carbocycles. The number of fused-ring (bicyclic) bond motifs is 1. The van der Waals surface area contributed by atoms with Crippen molar-refractivity contribution < 1.29 is 9.13 Å². The van der Waals surface area contributed by atoms with Crippen LogP contribution >= 0.6 is 11.6 Å². The third kappa shape index (κ3) is 2.79. The number of halogens is 2. The van der Waals surface area contributed by atoms with Crippen LogP contribution in [-0.2, 0) is 17.7 Å². The SMILES string of the molecule is CCC1OCCC1Cn1c(CCCl)nc2c(F)cccc21. The normalized spacial score (nSPS) is 22.2. The lowest BCUT2D eigenvalue weighted by atomic mass is 9.99. The van der Waals surface area contributed by atoms with Crippen molar-refractivity contribution >= 4 is 22.6 Å². The molecular formula is C16H20ClFN2O. The molecule has 0 N–H and O–H groups in total. The second kappa shape index (κ2) is 6.32. The van der Waals surface area contributed by atoms with Gasteiger partial charge in [-0.1, -0.05) is 13.0 Å². The summed E-state index contributed by atoms with van der Waals surface area (Å²) in [5, 5.41) is 0. The van der Waals surface area contributed by atoms with Crippen LogP contribution in [-0.4, -0.2) is 28.1 Å². The standard InChI is InChI=1S/C16H20ClFN2O/c1-2-14-11(7-9-21-14)10-20-13-5-3-4-12(18)16(13)19-15(20)6-8-17/h3-5,11,14H,2,6-10H2,1H3. The van der Waals surface area contributed by atoms with Crippen molar-refractivity contribution in [1.82, 2.24) is 9.55 Å². The van der Waals surface area contributed by atoms with Crippen LogP contribution in [0.5, 0.6) is 0 Å². The van der Waals surface area contributed by atoms with Crippen LogP contribution in [0.15, 0.2) is 18.2 Å². The van der Waals surface area contributed by atoms with E-state index in [1.165, 1.54) is 6.07 Å². The Kier molecular flexibility index (Phi) is 4.45. The predicted molar refractivity (Wildman–Crippen MR) is 82.3 cm³/mol. The predicted octanol–water partition coefficient (Wildman–Crippen LogP) is 3.77.